The van der Waals surface area contributed by atoms with Crippen molar-refractivity contribution in [2.24, 2.45) is 0 Å². The molecule has 1 heterocycles. The van der Waals surface area contributed by atoms with E-state index < -0.39 is 0 Å². The van der Waals surface area contributed by atoms with Crippen LogP contribution in [-0.4, -0.2) is 26.3 Å². The van der Waals surface area contributed by atoms with Gasteiger partial charge in [0.1, 0.15) is 0 Å². The molecule has 0 saturated heterocycles. The summed E-state index contributed by atoms with van der Waals surface area (Å²) in [4.78, 5) is 16.8. The normalized spacial score (nSPS) is 10.9. The zero-order valence-electron chi connectivity index (χ0n) is 16.4. The molecular weight excluding hydrogens is 370 g/mol. The molecule has 0 saturated carbocycles. The lowest BCUT2D eigenvalue weighted by atomic mass is 10.1. The lowest BCUT2D eigenvalue weighted by Crippen LogP contribution is -2.15. The third kappa shape index (κ3) is 5.47. The van der Waals surface area contributed by atoms with Crippen LogP contribution in [0.5, 0.6) is 0 Å². The van der Waals surface area contributed by atoms with Gasteiger partial charge in [-0.3, -0.25) is 4.79 Å². The quantitative estimate of drug-likeness (QED) is 0.592. The Hall–Kier alpha value is -2.57. The molecular formula is C22H25N3O2S. The van der Waals surface area contributed by atoms with Gasteiger partial charge in [-0.15, -0.1) is 0 Å². The Morgan fingerprint density at radius 2 is 1.75 bits per heavy atom. The molecule has 6 heteroatoms. The van der Waals surface area contributed by atoms with Crippen molar-refractivity contribution in [1.82, 2.24) is 9.55 Å². The molecule has 2 N–H and O–H groups in total. The van der Waals surface area contributed by atoms with E-state index in [4.69, 9.17) is 0 Å². The molecule has 0 aliphatic rings. The number of nitrogens with zero attached hydrogens (tertiary/aromatic N) is 2. The Labute approximate surface area is 169 Å². The number of rotatable bonds is 7. The lowest BCUT2D eigenvalue weighted by Gasteiger charge is -2.09. The van der Waals surface area contributed by atoms with Crippen molar-refractivity contribution in [3.8, 4) is 0 Å². The molecule has 0 fully saturated rings. The van der Waals surface area contributed by atoms with Crippen LogP contribution in [0.25, 0.3) is 0 Å². The number of aromatic nitrogens is 2. The van der Waals surface area contributed by atoms with Crippen LogP contribution in [0.4, 0.5) is 5.69 Å². The topological polar surface area (TPSA) is 67.1 Å². The van der Waals surface area contributed by atoms with E-state index in [1.54, 1.807) is 0 Å². The van der Waals surface area contributed by atoms with E-state index in [1.165, 1.54) is 17.3 Å². The number of imidazole rings is 1. The first-order valence-corrected chi connectivity index (χ1v) is 10.1. The Kier molecular flexibility index (Phi) is 6.54. The second-order valence-corrected chi connectivity index (χ2v) is 7.94. The highest BCUT2D eigenvalue weighted by atomic mass is 32.2. The molecule has 0 unspecified atom stereocenters. The monoisotopic (exact) mass is 395 g/mol. The molecule has 5 nitrogen and oxygen atoms in total. The molecule has 146 valence electrons. The number of anilines is 1. The van der Waals surface area contributed by atoms with Crippen LogP contribution in [0, 0.1) is 20.8 Å². The zero-order valence-corrected chi connectivity index (χ0v) is 17.2. The largest absolute Gasteiger partial charge is 0.390 e. The summed E-state index contributed by atoms with van der Waals surface area (Å²) < 4.78 is 1.98. The van der Waals surface area contributed by atoms with E-state index in [9.17, 15) is 9.90 Å². The molecule has 0 aliphatic carbocycles. The molecule has 28 heavy (non-hydrogen) atoms. The predicted octanol–water partition coefficient (Wildman–Crippen LogP) is 4.08. The van der Waals surface area contributed by atoms with Crippen molar-refractivity contribution < 1.29 is 9.90 Å². The van der Waals surface area contributed by atoms with Crippen molar-refractivity contribution >= 4 is 23.4 Å². The van der Waals surface area contributed by atoms with Gasteiger partial charge in [0.25, 0.3) is 0 Å². The Balaban J connectivity index is 1.66. The van der Waals surface area contributed by atoms with Gasteiger partial charge < -0.3 is 15.0 Å². The first-order chi connectivity index (χ1) is 13.4. The van der Waals surface area contributed by atoms with Gasteiger partial charge in [0.05, 0.1) is 18.1 Å². The smallest absolute Gasteiger partial charge is 0.234 e. The van der Waals surface area contributed by atoms with Crippen molar-refractivity contribution in [3.05, 3.63) is 76.6 Å². The maximum atomic E-state index is 12.4. The summed E-state index contributed by atoms with van der Waals surface area (Å²) in [5.41, 5.74) is 6.00. The van der Waals surface area contributed by atoms with Crippen LogP contribution in [0.2, 0.25) is 0 Å². The number of thioether (sulfide) groups is 1. The standard InChI is InChI=1S/C22H25N3O2S/c1-15-4-6-18(7-5-15)11-25-12-20(13-26)24-22(25)28-14-21(27)23-19-9-16(2)8-17(3)10-19/h4-10,12,26H,11,13-14H2,1-3H3,(H,23,27). The number of aliphatic hydroxyl groups excluding tert-OH is 1. The fourth-order valence-corrected chi connectivity index (χ4v) is 3.82. The molecule has 3 aromatic rings. The van der Waals surface area contributed by atoms with Crippen LogP contribution in [0.15, 0.2) is 53.8 Å². The molecule has 1 amide bonds. The van der Waals surface area contributed by atoms with Crippen molar-refractivity contribution in [3.63, 3.8) is 0 Å². The summed E-state index contributed by atoms with van der Waals surface area (Å²) in [6.45, 7) is 6.60. The summed E-state index contributed by atoms with van der Waals surface area (Å²) in [5, 5.41) is 13.1. The van der Waals surface area contributed by atoms with E-state index in [0.717, 1.165) is 27.5 Å². The van der Waals surface area contributed by atoms with Crippen LogP contribution >= 0.6 is 11.8 Å². The van der Waals surface area contributed by atoms with Gasteiger partial charge in [-0.2, -0.15) is 0 Å². The first kappa shape index (κ1) is 20.2. The second kappa shape index (κ2) is 9.08. The number of hydrogen-bond donors (Lipinski definition) is 2. The number of amides is 1. The van der Waals surface area contributed by atoms with Crippen molar-refractivity contribution in [1.29, 1.82) is 0 Å². The lowest BCUT2D eigenvalue weighted by molar-refractivity contribution is -0.113. The average molecular weight is 396 g/mol. The van der Waals surface area contributed by atoms with Gasteiger partial charge in [-0.1, -0.05) is 47.7 Å². The highest BCUT2D eigenvalue weighted by Crippen LogP contribution is 2.21. The number of carbonyl (C=O) groups is 1. The zero-order chi connectivity index (χ0) is 20.1. The van der Waals surface area contributed by atoms with E-state index >= 15 is 0 Å². The summed E-state index contributed by atoms with van der Waals surface area (Å²) in [7, 11) is 0. The van der Waals surface area contributed by atoms with Gasteiger partial charge in [0.2, 0.25) is 5.91 Å². The number of hydrogen-bond acceptors (Lipinski definition) is 4. The van der Waals surface area contributed by atoms with Gasteiger partial charge in [-0.05, 0) is 49.6 Å². The molecule has 0 aliphatic heterocycles. The number of benzene rings is 2. The molecule has 1 aromatic heterocycles. The third-order valence-corrected chi connectivity index (χ3v) is 5.25. The van der Waals surface area contributed by atoms with Gasteiger partial charge in [-0.25, -0.2) is 4.98 Å². The number of aryl methyl sites for hydroxylation is 3. The van der Waals surface area contributed by atoms with E-state index in [-0.39, 0.29) is 18.3 Å². The minimum Gasteiger partial charge on any atom is -0.390 e. The summed E-state index contributed by atoms with van der Waals surface area (Å²) >= 11 is 1.37. The van der Waals surface area contributed by atoms with Crippen LogP contribution in [0.3, 0.4) is 0 Å². The van der Waals surface area contributed by atoms with Crippen LogP contribution < -0.4 is 5.32 Å². The SMILES string of the molecule is Cc1ccc(Cn2cc(CO)nc2SCC(=O)Nc2cc(C)cc(C)c2)cc1. The number of carbonyl (C=O) groups excluding carboxylic acids is 1. The van der Waals surface area contributed by atoms with E-state index in [1.807, 2.05) is 36.7 Å². The molecule has 3 rings (SSSR count). The fraction of sp³-hybridized carbons (Fsp3) is 0.273. The molecule has 0 bridgehead atoms. The Bertz CT molecular complexity index is 944. The maximum absolute atomic E-state index is 12.4. The highest BCUT2D eigenvalue weighted by molar-refractivity contribution is 7.99. The summed E-state index contributed by atoms with van der Waals surface area (Å²) in [6.07, 6.45) is 1.84. The molecule has 0 atom stereocenters. The van der Waals surface area contributed by atoms with Crippen molar-refractivity contribution in [2.45, 2.75) is 39.1 Å². The highest BCUT2D eigenvalue weighted by Gasteiger charge is 2.12. The van der Waals surface area contributed by atoms with Gasteiger partial charge in [0, 0.05) is 18.4 Å². The fourth-order valence-electron chi connectivity index (χ4n) is 3.02. The van der Waals surface area contributed by atoms with Gasteiger partial charge in [0.15, 0.2) is 5.16 Å². The van der Waals surface area contributed by atoms with E-state index in [2.05, 4.69) is 47.6 Å². The Morgan fingerprint density at radius 1 is 1.07 bits per heavy atom. The molecule has 0 radical (unpaired) electrons. The number of aliphatic hydroxyl groups is 1. The number of nitrogens with one attached hydrogen (secondary N) is 1. The summed E-state index contributed by atoms with van der Waals surface area (Å²) in [6, 6.07) is 14.3. The van der Waals surface area contributed by atoms with E-state index in [0.29, 0.717) is 12.2 Å². The maximum Gasteiger partial charge on any atom is 0.234 e. The van der Waals surface area contributed by atoms with Crippen molar-refractivity contribution in [2.75, 3.05) is 11.1 Å². The molecule has 2 aromatic carbocycles. The molecule has 0 spiro atoms. The average Bonchev–Trinajstić information content (AvgIpc) is 3.03. The predicted molar refractivity (Wildman–Crippen MR) is 114 cm³/mol. The van der Waals surface area contributed by atoms with Crippen LogP contribution in [0.1, 0.15) is 27.9 Å². The minimum absolute atomic E-state index is 0.0783. The third-order valence-electron chi connectivity index (χ3n) is 4.26. The minimum atomic E-state index is -0.122. The second-order valence-electron chi connectivity index (χ2n) is 7.00. The van der Waals surface area contributed by atoms with Gasteiger partial charge >= 0.3 is 0 Å². The van der Waals surface area contributed by atoms with Crippen LogP contribution in [-0.2, 0) is 17.9 Å². The summed E-state index contributed by atoms with van der Waals surface area (Å²) in [5.74, 6) is 0.174. The Morgan fingerprint density at radius 3 is 2.39 bits per heavy atom. The first-order valence-electron chi connectivity index (χ1n) is 9.16.